The molecule has 3 unspecified atom stereocenters. The highest BCUT2D eigenvalue weighted by Gasteiger charge is 2.25. The van der Waals surface area contributed by atoms with Gasteiger partial charge < -0.3 is 10.6 Å². The highest BCUT2D eigenvalue weighted by molar-refractivity contribution is 4.82. The van der Waals surface area contributed by atoms with E-state index in [9.17, 15) is 0 Å². The molecule has 1 aliphatic rings. The Balaban J connectivity index is 2.44. The summed E-state index contributed by atoms with van der Waals surface area (Å²) < 4.78 is 0. The molecule has 102 valence electrons. The van der Waals surface area contributed by atoms with E-state index in [2.05, 4.69) is 37.7 Å². The van der Waals surface area contributed by atoms with E-state index >= 15 is 0 Å². The molecule has 0 bridgehead atoms. The van der Waals surface area contributed by atoms with Crippen molar-refractivity contribution in [1.82, 2.24) is 9.80 Å². The molecule has 1 rings (SSSR count). The molecule has 17 heavy (non-hydrogen) atoms. The van der Waals surface area contributed by atoms with Gasteiger partial charge in [-0.1, -0.05) is 19.8 Å². The van der Waals surface area contributed by atoms with Crippen molar-refractivity contribution < 1.29 is 0 Å². The summed E-state index contributed by atoms with van der Waals surface area (Å²) in [5, 5.41) is 0. The fourth-order valence-electron chi connectivity index (χ4n) is 3.03. The summed E-state index contributed by atoms with van der Waals surface area (Å²) in [6, 6.07) is 1.06. The van der Waals surface area contributed by atoms with Gasteiger partial charge in [-0.15, -0.1) is 0 Å². The Morgan fingerprint density at radius 2 is 1.88 bits per heavy atom. The molecule has 3 atom stereocenters. The molecule has 0 saturated heterocycles. The van der Waals surface area contributed by atoms with Gasteiger partial charge in [-0.3, -0.25) is 4.90 Å². The average Bonchev–Trinajstić information content (AvgIpc) is 2.27. The van der Waals surface area contributed by atoms with E-state index in [0.29, 0.717) is 18.0 Å². The third kappa shape index (κ3) is 4.94. The van der Waals surface area contributed by atoms with Crippen LogP contribution in [0.5, 0.6) is 0 Å². The van der Waals surface area contributed by atoms with Crippen molar-refractivity contribution in [3.05, 3.63) is 0 Å². The number of likely N-dealkylation sites (N-methyl/N-ethyl adjacent to an activating group) is 2. The second kappa shape index (κ2) is 7.34. The van der Waals surface area contributed by atoms with Crippen molar-refractivity contribution in [3.8, 4) is 0 Å². The van der Waals surface area contributed by atoms with Crippen molar-refractivity contribution in [1.29, 1.82) is 0 Å². The van der Waals surface area contributed by atoms with Gasteiger partial charge in [-0.2, -0.15) is 0 Å². The molecule has 0 spiro atoms. The number of hydrogen-bond donors (Lipinski definition) is 1. The SMILES string of the molecule is CCN(CC1CCCCC1N)C(C)CN(C)C. The normalized spacial score (nSPS) is 27.7. The summed E-state index contributed by atoms with van der Waals surface area (Å²) in [7, 11) is 4.30. The summed E-state index contributed by atoms with van der Waals surface area (Å²) >= 11 is 0. The second-order valence-electron chi connectivity index (χ2n) is 5.91. The van der Waals surface area contributed by atoms with Crippen molar-refractivity contribution in [3.63, 3.8) is 0 Å². The summed E-state index contributed by atoms with van der Waals surface area (Å²) in [5.74, 6) is 0.716. The van der Waals surface area contributed by atoms with Gasteiger partial charge in [0.05, 0.1) is 0 Å². The predicted octanol–water partition coefficient (Wildman–Crippen LogP) is 1.78. The minimum Gasteiger partial charge on any atom is -0.327 e. The zero-order valence-corrected chi connectivity index (χ0v) is 12.2. The minimum atomic E-state index is 0.435. The van der Waals surface area contributed by atoms with Crippen LogP contribution < -0.4 is 5.73 Å². The maximum atomic E-state index is 6.25. The third-order valence-electron chi connectivity index (χ3n) is 4.10. The topological polar surface area (TPSA) is 32.5 Å². The molecule has 1 aliphatic carbocycles. The Morgan fingerprint density at radius 3 is 2.41 bits per heavy atom. The van der Waals surface area contributed by atoms with E-state index in [1.54, 1.807) is 0 Å². The number of hydrogen-bond acceptors (Lipinski definition) is 3. The molecule has 1 fully saturated rings. The van der Waals surface area contributed by atoms with Gasteiger partial charge in [0.2, 0.25) is 0 Å². The van der Waals surface area contributed by atoms with Crippen LogP contribution in [0.1, 0.15) is 39.5 Å². The van der Waals surface area contributed by atoms with E-state index in [1.807, 2.05) is 0 Å². The number of nitrogens with two attached hydrogens (primary N) is 1. The first-order chi connectivity index (χ1) is 8.04. The lowest BCUT2D eigenvalue weighted by atomic mass is 9.84. The lowest BCUT2D eigenvalue weighted by Crippen LogP contribution is -2.46. The quantitative estimate of drug-likeness (QED) is 0.769. The van der Waals surface area contributed by atoms with Crippen LogP contribution in [0.15, 0.2) is 0 Å². The molecule has 3 heteroatoms. The average molecular weight is 241 g/mol. The largest absolute Gasteiger partial charge is 0.327 e. The van der Waals surface area contributed by atoms with E-state index in [0.717, 1.165) is 13.1 Å². The molecule has 0 heterocycles. The summed E-state index contributed by atoms with van der Waals surface area (Å²) in [6.07, 6.45) is 5.26. The molecular weight excluding hydrogens is 210 g/mol. The maximum absolute atomic E-state index is 6.25. The van der Waals surface area contributed by atoms with E-state index < -0.39 is 0 Å². The molecular formula is C14H31N3. The van der Waals surface area contributed by atoms with Crippen molar-refractivity contribution >= 4 is 0 Å². The van der Waals surface area contributed by atoms with E-state index in [-0.39, 0.29) is 0 Å². The van der Waals surface area contributed by atoms with Crippen LogP contribution in [0, 0.1) is 5.92 Å². The van der Waals surface area contributed by atoms with Gasteiger partial charge in [0.15, 0.2) is 0 Å². The Morgan fingerprint density at radius 1 is 1.24 bits per heavy atom. The van der Waals surface area contributed by atoms with Crippen LogP contribution >= 0.6 is 0 Å². The molecule has 0 aromatic carbocycles. The van der Waals surface area contributed by atoms with Crippen LogP contribution in [0.2, 0.25) is 0 Å². The van der Waals surface area contributed by atoms with Gasteiger partial charge in [0, 0.05) is 25.2 Å². The Kier molecular flexibility index (Phi) is 6.45. The standard InChI is InChI=1S/C14H31N3/c1-5-17(12(2)10-16(3)4)11-13-8-6-7-9-14(13)15/h12-14H,5-11,15H2,1-4H3. The number of nitrogens with zero attached hydrogens (tertiary/aromatic N) is 2. The monoisotopic (exact) mass is 241 g/mol. The highest BCUT2D eigenvalue weighted by Crippen LogP contribution is 2.24. The molecule has 3 nitrogen and oxygen atoms in total. The first-order valence-electron chi connectivity index (χ1n) is 7.19. The molecule has 0 aromatic heterocycles. The first kappa shape index (κ1) is 14.9. The van der Waals surface area contributed by atoms with Crippen LogP contribution in [0.4, 0.5) is 0 Å². The molecule has 0 amide bonds. The lowest BCUT2D eigenvalue weighted by Gasteiger charge is -2.37. The molecule has 2 N–H and O–H groups in total. The van der Waals surface area contributed by atoms with Gasteiger partial charge in [0.1, 0.15) is 0 Å². The Hall–Kier alpha value is -0.120. The van der Waals surface area contributed by atoms with Gasteiger partial charge in [-0.05, 0) is 46.3 Å². The highest BCUT2D eigenvalue weighted by atomic mass is 15.2. The zero-order valence-electron chi connectivity index (χ0n) is 12.2. The van der Waals surface area contributed by atoms with E-state index in [1.165, 1.54) is 32.2 Å². The van der Waals surface area contributed by atoms with Crippen molar-refractivity contribution in [2.45, 2.75) is 51.6 Å². The Bertz CT molecular complexity index is 206. The van der Waals surface area contributed by atoms with E-state index in [4.69, 9.17) is 5.73 Å². The minimum absolute atomic E-state index is 0.435. The summed E-state index contributed by atoms with van der Waals surface area (Å²) in [6.45, 7) is 8.05. The van der Waals surface area contributed by atoms with Crippen molar-refractivity contribution in [2.75, 3.05) is 33.7 Å². The molecule has 1 saturated carbocycles. The van der Waals surface area contributed by atoms with Crippen LogP contribution in [0.25, 0.3) is 0 Å². The maximum Gasteiger partial charge on any atom is 0.0194 e. The smallest absolute Gasteiger partial charge is 0.0194 e. The van der Waals surface area contributed by atoms with Crippen LogP contribution in [0.3, 0.4) is 0 Å². The zero-order chi connectivity index (χ0) is 12.8. The van der Waals surface area contributed by atoms with Gasteiger partial charge >= 0.3 is 0 Å². The summed E-state index contributed by atoms with van der Waals surface area (Å²) in [4.78, 5) is 4.87. The fourth-order valence-corrected chi connectivity index (χ4v) is 3.03. The first-order valence-corrected chi connectivity index (χ1v) is 7.19. The number of rotatable bonds is 6. The molecule has 0 radical (unpaired) electrons. The molecule has 0 aliphatic heterocycles. The van der Waals surface area contributed by atoms with Crippen molar-refractivity contribution in [2.24, 2.45) is 11.7 Å². The van der Waals surface area contributed by atoms with Gasteiger partial charge in [-0.25, -0.2) is 0 Å². The Labute approximate surface area is 107 Å². The fraction of sp³-hybridized carbons (Fsp3) is 1.00. The lowest BCUT2D eigenvalue weighted by molar-refractivity contribution is 0.133. The molecule has 0 aromatic rings. The predicted molar refractivity (Wildman–Crippen MR) is 75.2 cm³/mol. The summed E-state index contributed by atoms with van der Waals surface area (Å²) in [5.41, 5.74) is 6.25. The third-order valence-corrected chi connectivity index (χ3v) is 4.10. The van der Waals surface area contributed by atoms with Gasteiger partial charge in [0.25, 0.3) is 0 Å². The van der Waals surface area contributed by atoms with Crippen LogP contribution in [-0.2, 0) is 0 Å². The van der Waals surface area contributed by atoms with Crippen LogP contribution in [-0.4, -0.2) is 55.6 Å². The second-order valence-corrected chi connectivity index (χ2v) is 5.91.